The van der Waals surface area contributed by atoms with Crippen molar-refractivity contribution in [2.24, 2.45) is 0 Å². The summed E-state index contributed by atoms with van der Waals surface area (Å²) < 4.78 is 0. The van der Waals surface area contributed by atoms with Crippen molar-refractivity contribution in [2.45, 2.75) is 80.8 Å². The van der Waals surface area contributed by atoms with Crippen LogP contribution in [0.1, 0.15) is 147 Å². The van der Waals surface area contributed by atoms with E-state index in [-0.39, 0.29) is 41.0 Å². The molecule has 0 atom stereocenters. The molecule has 418 valence electrons. The van der Waals surface area contributed by atoms with Crippen molar-refractivity contribution < 1.29 is 38.7 Å². The van der Waals surface area contributed by atoms with Gasteiger partial charge in [0, 0.05) is 112 Å². The highest BCUT2D eigenvalue weighted by Gasteiger charge is 2.22. The molecule has 0 aliphatic heterocycles. The number of carboxylic acid groups (broad SMARTS) is 1. The van der Waals surface area contributed by atoms with Gasteiger partial charge in [0.1, 0.15) is 0 Å². The fourth-order valence-electron chi connectivity index (χ4n) is 9.48. The van der Waals surface area contributed by atoms with Gasteiger partial charge in [-0.2, -0.15) is 0 Å². The van der Waals surface area contributed by atoms with Gasteiger partial charge in [-0.3, -0.25) is 28.8 Å². The fraction of sp³-hybridized carbons (Fsp3) is 0.269. The molecule has 0 saturated heterocycles. The highest BCUT2D eigenvalue weighted by molar-refractivity contribution is 5.97. The molecule has 0 saturated carbocycles. The predicted molar refractivity (Wildman–Crippen MR) is 315 cm³/mol. The van der Waals surface area contributed by atoms with Crippen LogP contribution in [0, 0.1) is 0 Å². The standard InChI is InChI=1S/C67H72N6O8/c1-7-68(61(74)54-16-14-13-15-17-54)42-48-18-30-55(31-19-48)62(75)69(8-2)43-49-20-32-56(33-21-49)63(76)70(9-3)44-50-22-34-57(35-23-50)64(77)71(10-4)45-51-24-36-58(37-25-51)65(78)72(11-5)46-52-26-38-59(39-27-52)66(79)73(12-6)47-53-28-40-60(41-29-53)67(80)81/h13-41H,7-12,42-47H2,1-6H3,(H,80,81). The SMILES string of the molecule is CCN(Cc1ccc(C(=O)N(CC)Cc2ccc(C(=O)N(CC)Cc3ccc(C(=O)N(CC)Cc4ccc(C(=O)N(CC)Cc5ccc(C(=O)N(CC)Cc6ccc(C(=O)O)cc6)cc5)cc4)cc3)cc2)cc1)C(=O)c1ccccc1. The van der Waals surface area contributed by atoms with Crippen molar-refractivity contribution in [3.63, 3.8) is 0 Å². The molecule has 0 aliphatic carbocycles. The van der Waals surface area contributed by atoms with Gasteiger partial charge in [0.05, 0.1) is 5.56 Å². The topological polar surface area (TPSA) is 159 Å². The first-order chi connectivity index (χ1) is 39.2. The monoisotopic (exact) mass is 1090 g/mol. The quantitative estimate of drug-likeness (QED) is 0.0592. The Morgan fingerprint density at radius 3 is 0.568 bits per heavy atom. The van der Waals surface area contributed by atoms with Crippen LogP contribution in [-0.4, -0.2) is 115 Å². The summed E-state index contributed by atoms with van der Waals surface area (Å²) in [7, 11) is 0. The molecule has 0 unspecified atom stereocenters. The van der Waals surface area contributed by atoms with E-state index in [9.17, 15) is 38.7 Å². The van der Waals surface area contributed by atoms with E-state index in [0.717, 1.165) is 33.4 Å². The number of carboxylic acids is 1. The summed E-state index contributed by atoms with van der Waals surface area (Å²) in [6, 6.07) is 52.3. The predicted octanol–water partition coefficient (Wildman–Crippen LogP) is 11.4. The molecule has 0 heterocycles. The second-order valence-electron chi connectivity index (χ2n) is 19.8. The van der Waals surface area contributed by atoms with Crippen molar-refractivity contribution in [2.75, 3.05) is 39.3 Å². The summed E-state index contributed by atoms with van der Waals surface area (Å²) in [6.07, 6.45) is 0. The summed E-state index contributed by atoms with van der Waals surface area (Å²) in [5.41, 5.74) is 8.74. The Hall–Kier alpha value is -9.17. The molecule has 14 heteroatoms. The molecule has 0 aliphatic rings. The summed E-state index contributed by atoms with van der Waals surface area (Å²) in [5, 5.41) is 9.21. The minimum Gasteiger partial charge on any atom is -0.478 e. The lowest BCUT2D eigenvalue weighted by Gasteiger charge is -2.24. The van der Waals surface area contributed by atoms with Gasteiger partial charge in [-0.1, -0.05) is 91.0 Å². The lowest BCUT2D eigenvalue weighted by Crippen LogP contribution is -2.32. The minimum atomic E-state index is -1.00. The zero-order valence-corrected chi connectivity index (χ0v) is 47.2. The second-order valence-corrected chi connectivity index (χ2v) is 19.8. The Morgan fingerprint density at radius 2 is 0.407 bits per heavy atom. The van der Waals surface area contributed by atoms with Gasteiger partial charge < -0.3 is 34.5 Å². The van der Waals surface area contributed by atoms with Gasteiger partial charge in [-0.05, 0) is 160 Å². The average molecular weight is 1090 g/mol. The van der Waals surface area contributed by atoms with Gasteiger partial charge in [0.25, 0.3) is 35.4 Å². The lowest BCUT2D eigenvalue weighted by atomic mass is 10.1. The van der Waals surface area contributed by atoms with Crippen LogP contribution in [0.5, 0.6) is 0 Å². The lowest BCUT2D eigenvalue weighted by molar-refractivity contribution is 0.0691. The molecule has 0 bridgehead atoms. The van der Waals surface area contributed by atoms with Crippen LogP contribution in [0.2, 0.25) is 0 Å². The molecule has 1 N–H and O–H groups in total. The first kappa shape index (κ1) is 59.5. The molecule has 7 aromatic carbocycles. The van der Waals surface area contributed by atoms with E-state index in [1.807, 2.05) is 133 Å². The molecule has 81 heavy (non-hydrogen) atoms. The zero-order chi connectivity index (χ0) is 58.0. The van der Waals surface area contributed by atoms with Crippen LogP contribution in [-0.2, 0) is 39.3 Å². The van der Waals surface area contributed by atoms with Crippen LogP contribution >= 0.6 is 0 Å². The van der Waals surface area contributed by atoms with E-state index in [0.29, 0.717) is 112 Å². The molecule has 0 fully saturated rings. The molecule has 0 spiro atoms. The summed E-state index contributed by atoms with van der Waals surface area (Å²) in [6.45, 7) is 16.6. The van der Waals surface area contributed by atoms with Gasteiger partial charge in [0.2, 0.25) is 0 Å². The van der Waals surface area contributed by atoms with Crippen molar-refractivity contribution in [3.8, 4) is 0 Å². The Kier molecular flexibility index (Phi) is 21.0. The number of rotatable bonds is 25. The Bertz CT molecular complexity index is 3260. The van der Waals surface area contributed by atoms with Crippen LogP contribution in [0.25, 0.3) is 0 Å². The van der Waals surface area contributed by atoms with E-state index in [2.05, 4.69) is 0 Å². The van der Waals surface area contributed by atoms with Crippen molar-refractivity contribution in [3.05, 3.63) is 248 Å². The fourth-order valence-corrected chi connectivity index (χ4v) is 9.48. The molecular weight excluding hydrogens is 1020 g/mol. The van der Waals surface area contributed by atoms with Crippen LogP contribution < -0.4 is 0 Å². The van der Waals surface area contributed by atoms with E-state index >= 15 is 0 Å². The number of amides is 6. The number of hydrogen-bond acceptors (Lipinski definition) is 7. The van der Waals surface area contributed by atoms with Crippen LogP contribution in [0.3, 0.4) is 0 Å². The highest BCUT2D eigenvalue weighted by atomic mass is 16.4. The Morgan fingerprint density at radius 1 is 0.247 bits per heavy atom. The van der Waals surface area contributed by atoms with E-state index in [4.69, 9.17) is 0 Å². The van der Waals surface area contributed by atoms with Crippen molar-refractivity contribution in [1.29, 1.82) is 0 Å². The summed E-state index contributed by atoms with van der Waals surface area (Å²) in [5.74, 6) is -1.71. The normalized spacial score (nSPS) is 10.8. The van der Waals surface area contributed by atoms with Gasteiger partial charge >= 0.3 is 5.97 Å². The maximum Gasteiger partial charge on any atom is 0.335 e. The summed E-state index contributed by atoms with van der Waals surface area (Å²) in [4.78, 5) is 103. The Labute approximate surface area is 475 Å². The molecule has 7 rings (SSSR count). The molecule has 0 aromatic heterocycles. The van der Waals surface area contributed by atoms with Gasteiger partial charge in [0.15, 0.2) is 0 Å². The average Bonchev–Trinajstić information content (AvgIpc) is 3.52. The van der Waals surface area contributed by atoms with Gasteiger partial charge in [-0.15, -0.1) is 0 Å². The van der Waals surface area contributed by atoms with E-state index in [1.54, 1.807) is 102 Å². The maximum atomic E-state index is 13.8. The number of nitrogens with zero attached hydrogens (tertiary/aromatic N) is 6. The van der Waals surface area contributed by atoms with Crippen LogP contribution in [0.4, 0.5) is 0 Å². The third-order valence-electron chi connectivity index (χ3n) is 14.5. The summed E-state index contributed by atoms with van der Waals surface area (Å²) >= 11 is 0. The molecule has 7 aromatic rings. The molecule has 0 radical (unpaired) electrons. The number of carbonyl (C=O) groups excluding carboxylic acids is 6. The minimum absolute atomic E-state index is 0.0415. The first-order valence-corrected chi connectivity index (χ1v) is 27.7. The Balaban J connectivity index is 0.879. The molecule has 14 nitrogen and oxygen atoms in total. The van der Waals surface area contributed by atoms with Crippen molar-refractivity contribution in [1.82, 2.24) is 29.4 Å². The van der Waals surface area contributed by atoms with E-state index < -0.39 is 5.97 Å². The maximum absolute atomic E-state index is 13.8. The van der Waals surface area contributed by atoms with Crippen molar-refractivity contribution >= 4 is 41.4 Å². The number of carbonyl (C=O) groups is 7. The smallest absolute Gasteiger partial charge is 0.335 e. The third-order valence-corrected chi connectivity index (χ3v) is 14.5. The number of aromatic carboxylic acids is 1. The zero-order valence-electron chi connectivity index (χ0n) is 47.2. The van der Waals surface area contributed by atoms with E-state index in [1.165, 1.54) is 12.1 Å². The third kappa shape index (κ3) is 15.6. The molecular formula is C67H72N6O8. The molecule has 6 amide bonds. The first-order valence-electron chi connectivity index (χ1n) is 27.7. The number of benzene rings is 7. The van der Waals surface area contributed by atoms with Gasteiger partial charge in [-0.25, -0.2) is 4.79 Å². The highest BCUT2D eigenvalue weighted by Crippen LogP contribution is 2.21. The van der Waals surface area contributed by atoms with Crippen LogP contribution in [0.15, 0.2) is 176 Å². The second kappa shape index (κ2) is 28.6. The number of hydrogen-bond donors (Lipinski definition) is 1. The largest absolute Gasteiger partial charge is 0.478 e.